The van der Waals surface area contributed by atoms with E-state index in [0.717, 1.165) is 55.3 Å². The molecule has 0 aliphatic heterocycles. The van der Waals surface area contributed by atoms with E-state index in [2.05, 4.69) is 35.1 Å². The number of aromatic nitrogens is 1. The predicted octanol–water partition coefficient (Wildman–Crippen LogP) is 3.90. The van der Waals surface area contributed by atoms with Crippen molar-refractivity contribution in [1.82, 2.24) is 9.88 Å². The summed E-state index contributed by atoms with van der Waals surface area (Å²) >= 11 is 0. The molecule has 0 radical (unpaired) electrons. The summed E-state index contributed by atoms with van der Waals surface area (Å²) in [6.45, 7) is 8.66. The van der Waals surface area contributed by atoms with Crippen LogP contribution in [0, 0.1) is 0 Å². The fraction of sp³-hybridized carbons (Fsp3) is 0.421. The summed E-state index contributed by atoms with van der Waals surface area (Å²) in [5, 5.41) is 3.50. The van der Waals surface area contributed by atoms with Gasteiger partial charge in [-0.2, -0.15) is 0 Å². The molecule has 0 spiro atoms. The molecule has 0 unspecified atom stereocenters. The number of hydrogen-bond donors (Lipinski definition) is 1. The second-order valence-electron chi connectivity index (χ2n) is 5.44. The van der Waals surface area contributed by atoms with Crippen LogP contribution in [0.5, 0.6) is 5.75 Å². The SMILES string of the molecule is CCN(CC)CCCNc1cc(-c2ccccn2)ccc1OC. The number of benzene rings is 1. The number of nitrogens with one attached hydrogen (secondary N) is 1. The molecule has 0 saturated carbocycles. The van der Waals surface area contributed by atoms with Gasteiger partial charge in [-0.1, -0.05) is 19.9 Å². The smallest absolute Gasteiger partial charge is 0.141 e. The van der Waals surface area contributed by atoms with Crippen molar-refractivity contribution in [3.63, 3.8) is 0 Å². The minimum Gasteiger partial charge on any atom is -0.495 e. The molecule has 1 N–H and O–H groups in total. The molecule has 0 saturated heterocycles. The lowest BCUT2D eigenvalue weighted by molar-refractivity contribution is 0.303. The summed E-state index contributed by atoms with van der Waals surface area (Å²) in [4.78, 5) is 6.85. The first-order chi connectivity index (χ1) is 11.3. The van der Waals surface area contributed by atoms with Crippen LogP contribution in [0.15, 0.2) is 42.6 Å². The normalized spacial score (nSPS) is 10.8. The highest BCUT2D eigenvalue weighted by atomic mass is 16.5. The Bertz CT molecular complexity index is 582. The van der Waals surface area contributed by atoms with Crippen molar-refractivity contribution in [2.75, 3.05) is 38.6 Å². The minimum atomic E-state index is 0.868. The summed E-state index contributed by atoms with van der Waals surface area (Å²) < 4.78 is 5.46. The lowest BCUT2D eigenvalue weighted by Crippen LogP contribution is -2.25. The summed E-state index contributed by atoms with van der Waals surface area (Å²) in [6, 6.07) is 12.1. The average Bonchev–Trinajstić information content (AvgIpc) is 2.62. The van der Waals surface area contributed by atoms with E-state index in [1.54, 1.807) is 7.11 Å². The lowest BCUT2D eigenvalue weighted by atomic mass is 10.1. The Hall–Kier alpha value is -2.07. The van der Waals surface area contributed by atoms with E-state index in [0.29, 0.717) is 0 Å². The molecule has 0 atom stereocenters. The van der Waals surface area contributed by atoms with Gasteiger partial charge in [0.15, 0.2) is 0 Å². The molecule has 0 fully saturated rings. The van der Waals surface area contributed by atoms with Gasteiger partial charge in [0.05, 0.1) is 18.5 Å². The van der Waals surface area contributed by atoms with Crippen molar-refractivity contribution >= 4 is 5.69 Å². The van der Waals surface area contributed by atoms with Crippen LogP contribution in [-0.4, -0.2) is 43.2 Å². The van der Waals surface area contributed by atoms with Gasteiger partial charge in [-0.05, 0) is 56.4 Å². The first kappa shape index (κ1) is 17.3. The molecule has 124 valence electrons. The Labute approximate surface area is 139 Å². The number of anilines is 1. The van der Waals surface area contributed by atoms with Gasteiger partial charge in [0.25, 0.3) is 0 Å². The lowest BCUT2D eigenvalue weighted by Gasteiger charge is -2.18. The summed E-state index contributed by atoms with van der Waals surface area (Å²) in [5.74, 6) is 0.868. The first-order valence-corrected chi connectivity index (χ1v) is 8.34. The van der Waals surface area contributed by atoms with Crippen molar-refractivity contribution < 1.29 is 4.74 Å². The van der Waals surface area contributed by atoms with Crippen LogP contribution in [0.3, 0.4) is 0 Å². The van der Waals surface area contributed by atoms with Crippen LogP contribution in [0.1, 0.15) is 20.3 Å². The Balaban J connectivity index is 2.02. The molecule has 23 heavy (non-hydrogen) atoms. The Morgan fingerprint density at radius 3 is 2.61 bits per heavy atom. The second-order valence-corrected chi connectivity index (χ2v) is 5.44. The number of ether oxygens (including phenoxy) is 1. The van der Waals surface area contributed by atoms with Gasteiger partial charge in [-0.25, -0.2) is 0 Å². The maximum Gasteiger partial charge on any atom is 0.141 e. The molecule has 0 amide bonds. The largest absolute Gasteiger partial charge is 0.495 e. The van der Waals surface area contributed by atoms with Gasteiger partial charge in [0.1, 0.15) is 5.75 Å². The fourth-order valence-corrected chi connectivity index (χ4v) is 2.60. The molecule has 4 nitrogen and oxygen atoms in total. The van der Waals surface area contributed by atoms with Crippen LogP contribution in [0.4, 0.5) is 5.69 Å². The van der Waals surface area contributed by atoms with E-state index in [9.17, 15) is 0 Å². The summed E-state index contributed by atoms with van der Waals surface area (Å²) in [7, 11) is 1.71. The van der Waals surface area contributed by atoms with Crippen LogP contribution in [0.2, 0.25) is 0 Å². The Morgan fingerprint density at radius 2 is 1.96 bits per heavy atom. The number of rotatable bonds is 9. The minimum absolute atomic E-state index is 0.868. The third kappa shape index (κ3) is 4.96. The predicted molar refractivity (Wildman–Crippen MR) is 97.1 cm³/mol. The third-order valence-corrected chi connectivity index (χ3v) is 4.02. The van der Waals surface area contributed by atoms with E-state index in [1.807, 2.05) is 36.5 Å². The first-order valence-electron chi connectivity index (χ1n) is 8.34. The van der Waals surface area contributed by atoms with E-state index >= 15 is 0 Å². The highest BCUT2D eigenvalue weighted by Gasteiger charge is 2.06. The topological polar surface area (TPSA) is 37.4 Å². The average molecular weight is 313 g/mol. The van der Waals surface area contributed by atoms with Crippen molar-refractivity contribution in [2.24, 2.45) is 0 Å². The van der Waals surface area contributed by atoms with Crippen molar-refractivity contribution in [3.8, 4) is 17.0 Å². The van der Waals surface area contributed by atoms with Crippen LogP contribution in [-0.2, 0) is 0 Å². The quantitative estimate of drug-likeness (QED) is 0.712. The molecule has 2 rings (SSSR count). The molecule has 4 heteroatoms. The van der Waals surface area contributed by atoms with Gasteiger partial charge in [-0.15, -0.1) is 0 Å². The molecule has 1 heterocycles. The Kier molecular flexibility index (Phi) is 6.88. The summed E-state index contributed by atoms with van der Waals surface area (Å²) in [5.41, 5.74) is 3.09. The molecule has 1 aromatic carbocycles. The molecule has 1 aromatic heterocycles. The summed E-state index contributed by atoms with van der Waals surface area (Å²) in [6.07, 6.45) is 2.93. The van der Waals surface area contributed by atoms with Crippen molar-refractivity contribution in [3.05, 3.63) is 42.6 Å². The van der Waals surface area contributed by atoms with Gasteiger partial charge in [0.2, 0.25) is 0 Å². The molecular weight excluding hydrogens is 286 g/mol. The zero-order chi connectivity index (χ0) is 16.5. The van der Waals surface area contributed by atoms with Gasteiger partial charge in [-0.3, -0.25) is 4.98 Å². The second kappa shape index (κ2) is 9.16. The zero-order valence-electron chi connectivity index (χ0n) is 14.4. The highest BCUT2D eigenvalue weighted by molar-refractivity contribution is 5.69. The van der Waals surface area contributed by atoms with E-state index < -0.39 is 0 Å². The fourth-order valence-electron chi connectivity index (χ4n) is 2.60. The molecular formula is C19H27N3O. The van der Waals surface area contributed by atoms with E-state index in [1.165, 1.54) is 0 Å². The van der Waals surface area contributed by atoms with Crippen LogP contribution < -0.4 is 10.1 Å². The molecule has 0 aliphatic rings. The van der Waals surface area contributed by atoms with Crippen molar-refractivity contribution in [2.45, 2.75) is 20.3 Å². The van der Waals surface area contributed by atoms with Gasteiger partial charge in [0, 0.05) is 18.3 Å². The maximum atomic E-state index is 5.46. The van der Waals surface area contributed by atoms with Crippen LogP contribution >= 0.6 is 0 Å². The molecule has 0 bridgehead atoms. The number of methoxy groups -OCH3 is 1. The van der Waals surface area contributed by atoms with Gasteiger partial charge >= 0.3 is 0 Å². The Morgan fingerprint density at radius 1 is 1.13 bits per heavy atom. The number of pyridine rings is 1. The van der Waals surface area contributed by atoms with Crippen LogP contribution in [0.25, 0.3) is 11.3 Å². The third-order valence-electron chi connectivity index (χ3n) is 4.02. The number of nitrogens with zero attached hydrogens (tertiary/aromatic N) is 2. The molecule has 0 aliphatic carbocycles. The zero-order valence-corrected chi connectivity index (χ0v) is 14.4. The monoisotopic (exact) mass is 313 g/mol. The standard InChI is InChI=1S/C19H27N3O/c1-4-22(5-2)14-8-13-21-18-15-16(10-11-19(18)23-3)17-9-6-7-12-20-17/h6-7,9-12,15,21H,4-5,8,13-14H2,1-3H3. The number of hydrogen-bond acceptors (Lipinski definition) is 4. The van der Waals surface area contributed by atoms with Gasteiger partial charge < -0.3 is 15.0 Å². The van der Waals surface area contributed by atoms with E-state index in [4.69, 9.17) is 4.74 Å². The maximum absolute atomic E-state index is 5.46. The molecule has 2 aromatic rings. The van der Waals surface area contributed by atoms with Crippen molar-refractivity contribution in [1.29, 1.82) is 0 Å². The van der Waals surface area contributed by atoms with E-state index in [-0.39, 0.29) is 0 Å². The highest BCUT2D eigenvalue weighted by Crippen LogP contribution is 2.29.